The van der Waals surface area contributed by atoms with E-state index in [-0.39, 0.29) is 29.5 Å². The van der Waals surface area contributed by atoms with E-state index >= 15 is 0 Å². The van der Waals surface area contributed by atoms with E-state index in [4.69, 9.17) is 16.0 Å². The molecule has 0 saturated carbocycles. The highest BCUT2D eigenvalue weighted by Gasteiger charge is 2.32. The molecule has 0 radical (unpaired) electrons. The van der Waals surface area contributed by atoms with Crippen LogP contribution < -0.4 is 4.90 Å². The van der Waals surface area contributed by atoms with Crippen molar-refractivity contribution >= 4 is 23.5 Å². The number of phenols is 1. The third-order valence-corrected chi connectivity index (χ3v) is 3.13. The fraction of sp³-hybridized carbons (Fsp3) is 0.250. The number of halogens is 1. The maximum atomic E-state index is 11.7. The standard InChI is InChI=1S/C12H10ClN3O3/c13-8-5-10(18)16(6-8)12-15-14-11(19-12)7-1-3-9(17)4-2-7/h1-4,8,17H,5-6H2. The number of hydrogen-bond acceptors (Lipinski definition) is 5. The van der Waals surface area contributed by atoms with Gasteiger partial charge in [0, 0.05) is 18.5 Å². The van der Waals surface area contributed by atoms with Crippen molar-refractivity contribution in [1.29, 1.82) is 0 Å². The molecule has 1 saturated heterocycles. The Labute approximate surface area is 113 Å². The average molecular weight is 280 g/mol. The lowest BCUT2D eigenvalue weighted by Gasteiger charge is -2.08. The van der Waals surface area contributed by atoms with E-state index in [2.05, 4.69) is 10.2 Å². The minimum atomic E-state index is -0.225. The van der Waals surface area contributed by atoms with Crippen molar-refractivity contribution in [2.45, 2.75) is 11.8 Å². The van der Waals surface area contributed by atoms with Gasteiger partial charge in [-0.3, -0.25) is 9.69 Å². The third kappa shape index (κ3) is 2.26. The molecular weight excluding hydrogens is 270 g/mol. The SMILES string of the molecule is O=C1CC(Cl)CN1c1nnc(-c2ccc(O)cc2)o1. The van der Waals surface area contributed by atoms with Crippen LogP contribution in [0.3, 0.4) is 0 Å². The second kappa shape index (κ2) is 4.55. The molecule has 2 aromatic rings. The molecule has 1 aromatic carbocycles. The van der Waals surface area contributed by atoms with Crippen LogP contribution in [0.4, 0.5) is 6.01 Å². The Morgan fingerprint density at radius 3 is 2.68 bits per heavy atom. The number of benzene rings is 1. The van der Waals surface area contributed by atoms with Gasteiger partial charge >= 0.3 is 6.01 Å². The highest BCUT2D eigenvalue weighted by atomic mass is 35.5. The predicted octanol–water partition coefficient (Wildman–Crippen LogP) is 1.79. The molecule has 98 valence electrons. The monoisotopic (exact) mass is 279 g/mol. The zero-order chi connectivity index (χ0) is 13.4. The van der Waals surface area contributed by atoms with Gasteiger partial charge in [0.25, 0.3) is 0 Å². The summed E-state index contributed by atoms with van der Waals surface area (Å²) in [6, 6.07) is 6.51. The first-order valence-corrected chi connectivity index (χ1v) is 6.14. The molecule has 0 spiro atoms. The molecule has 1 aliphatic rings. The first-order chi connectivity index (χ1) is 9.13. The fourth-order valence-corrected chi connectivity index (χ4v) is 2.16. The highest BCUT2D eigenvalue weighted by molar-refractivity contribution is 6.24. The summed E-state index contributed by atoms with van der Waals surface area (Å²) >= 11 is 5.91. The molecule has 0 aliphatic carbocycles. The van der Waals surface area contributed by atoms with Gasteiger partial charge in [0.1, 0.15) is 5.75 Å². The lowest BCUT2D eigenvalue weighted by molar-refractivity contribution is -0.117. The Bertz CT molecular complexity index is 611. The van der Waals surface area contributed by atoms with Crippen LogP contribution in [0, 0.1) is 0 Å². The number of carbonyl (C=O) groups is 1. The van der Waals surface area contributed by atoms with E-state index in [1.165, 1.54) is 17.0 Å². The summed E-state index contributed by atoms with van der Waals surface area (Å²) in [4.78, 5) is 13.0. The minimum Gasteiger partial charge on any atom is -0.508 e. The molecule has 3 rings (SSSR count). The van der Waals surface area contributed by atoms with Crippen LogP contribution in [0.25, 0.3) is 11.5 Å². The lowest BCUT2D eigenvalue weighted by Crippen LogP contribution is -2.24. The quantitative estimate of drug-likeness (QED) is 0.848. The molecule has 1 fully saturated rings. The van der Waals surface area contributed by atoms with Gasteiger partial charge in [0.2, 0.25) is 11.8 Å². The highest BCUT2D eigenvalue weighted by Crippen LogP contribution is 2.27. The third-order valence-electron chi connectivity index (χ3n) is 2.84. The number of alkyl halides is 1. The van der Waals surface area contributed by atoms with Gasteiger partial charge in [-0.25, -0.2) is 0 Å². The Kier molecular flexibility index (Phi) is 2.87. The molecule has 1 N–H and O–H groups in total. The number of anilines is 1. The first kappa shape index (κ1) is 12.0. The van der Waals surface area contributed by atoms with Crippen molar-refractivity contribution in [1.82, 2.24) is 10.2 Å². The molecule has 0 bridgehead atoms. The number of phenolic OH excluding ortho intramolecular Hbond substituents is 1. The van der Waals surface area contributed by atoms with Crippen LogP contribution in [-0.2, 0) is 4.79 Å². The van der Waals surface area contributed by atoms with Gasteiger partial charge in [0.05, 0.1) is 5.38 Å². The predicted molar refractivity (Wildman–Crippen MR) is 68.0 cm³/mol. The molecule has 19 heavy (non-hydrogen) atoms. The van der Waals surface area contributed by atoms with Gasteiger partial charge in [-0.2, -0.15) is 0 Å². The summed E-state index contributed by atoms with van der Waals surface area (Å²) in [5.41, 5.74) is 0.672. The topological polar surface area (TPSA) is 79.5 Å². The van der Waals surface area contributed by atoms with Gasteiger partial charge in [0.15, 0.2) is 0 Å². The van der Waals surface area contributed by atoms with Gasteiger partial charge < -0.3 is 9.52 Å². The van der Waals surface area contributed by atoms with Crippen molar-refractivity contribution in [3.05, 3.63) is 24.3 Å². The Morgan fingerprint density at radius 2 is 2.05 bits per heavy atom. The summed E-state index contributed by atoms with van der Waals surface area (Å²) in [7, 11) is 0. The molecular formula is C12H10ClN3O3. The van der Waals surface area contributed by atoms with Crippen molar-refractivity contribution < 1.29 is 14.3 Å². The van der Waals surface area contributed by atoms with Crippen LogP contribution in [0.2, 0.25) is 0 Å². The number of carbonyl (C=O) groups excluding carboxylic acids is 1. The second-order valence-electron chi connectivity index (χ2n) is 4.24. The summed E-state index contributed by atoms with van der Waals surface area (Å²) < 4.78 is 5.45. The lowest BCUT2D eigenvalue weighted by atomic mass is 10.2. The van der Waals surface area contributed by atoms with Crippen LogP contribution in [0.1, 0.15) is 6.42 Å². The van der Waals surface area contributed by atoms with Gasteiger partial charge in [-0.15, -0.1) is 16.7 Å². The number of amides is 1. The minimum absolute atomic E-state index is 0.124. The van der Waals surface area contributed by atoms with Crippen LogP contribution in [0.5, 0.6) is 5.75 Å². The Balaban J connectivity index is 1.87. The summed E-state index contributed by atoms with van der Waals surface area (Å²) in [6.07, 6.45) is 0.276. The molecule has 1 amide bonds. The van der Waals surface area contributed by atoms with Crippen molar-refractivity contribution in [2.24, 2.45) is 0 Å². The largest absolute Gasteiger partial charge is 0.508 e. The molecule has 1 atom stereocenters. The maximum absolute atomic E-state index is 11.7. The number of aromatic nitrogens is 2. The number of hydrogen-bond donors (Lipinski definition) is 1. The van der Waals surface area contributed by atoms with E-state index in [9.17, 15) is 9.90 Å². The van der Waals surface area contributed by atoms with E-state index < -0.39 is 0 Å². The first-order valence-electron chi connectivity index (χ1n) is 5.71. The van der Waals surface area contributed by atoms with Gasteiger partial charge in [-0.1, -0.05) is 5.10 Å². The maximum Gasteiger partial charge on any atom is 0.325 e. The molecule has 1 unspecified atom stereocenters. The molecule has 7 heteroatoms. The zero-order valence-electron chi connectivity index (χ0n) is 9.78. The normalized spacial score (nSPS) is 19.1. The average Bonchev–Trinajstić information content (AvgIpc) is 2.97. The van der Waals surface area contributed by atoms with E-state index in [0.29, 0.717) is 18.0 Å². The zero-order valence-corrected chi connectivity index (χ0v) is 10.5. The summed E-state index contributed by atoms with van der Waals surface area (Å²) in [6.45, 7) is 0.373. The van der Waals surface area contributed by atoms with E-state index in [0.717, 1.165) is 0 Å². The van der Waals surface area contributed by atoms with Crippen LogP contribution in [-0.4, -0.2) is 33.1 Å². The van der Waals surface area contributed by atoms with Crippen molar-refractivity contribution in [2.75, 3.05) is 11.4 Å². The molecule has 1 aliphatic heterocycles. The molecule has 2 heterocycles. The number of nitrogens with zero attached hydrogens (tertiary/aromatic N) is 3. The van der Waals surface area contributed by atoms with Crippen molar-refractivity contribution in [3.63, 3.8) is 0 Å². The number of aromatic hydroxyl groups is 1. The Morgan fingerprint density at radius 1 is 1.32 bits per heavy atom. The Hall–Kier alpha value is -2.08. The molecule has 1 aromatic heterocycles. The van der Waals surface area contributed by atoms with E-state index in [1.54, 1.807) is 12.1 Å². The second-order valence-corrected chi connectivity index (χ2v) is 4.86. The summed E-state index contributed by atoms with van der Waals surface area (Å²) in [5.74, 6) is 0.324. The van der Waals surface area contributed by atoms with Crippen molar-refractivity contribution in [3.8, 4) is 17.2 Å². The fourth-order valence-electron chi connectivity index (χ4n) is 1.89. The smallest absolute Gasteiger partial charge is 0.325 e. The summed E-state index contributed by atoms with van der Waals surface area (Å²) in [5, 5.41) is 16.7. The number of rotatable bonds is 2. The van der Waals surface area contributed by atoms with Gasteiger partial charge in [-0.05, 0) is 24.3 Å². The van der Waals surface area contributed by atoms with E-state index in [1.807, 2.05) is 0 Å². The van der Waals surface area contributed by atoms with Crippen LogP contribution in [0.15, 0.2) is 28.7 Å². The van der Waals surface area contributed by atoms with Crippen LogP contribution >= 0.6 is 11.6 Å². The molecule has 6 nitrogen and oxygen atoms in total.